The van der Waals surface area contributed by atoms with E-state index in [1.165, 1.54) is 19.2 Å². The second kappa shape index (κ2) is 5.27. The Morgan fingerprint density at radius 2 is 2.21 bits per heavy atom. The lowest BCUT2D eigenvalue weighted by Gasteiger charge is -2.22. The molecule has 1 aromatic carbocycles. The molecule has 0 radical (unpaired) electrons. The van der Waals surface area contributed by atoms with Crippen molar-refractivity contribution in [2.24, 2.45) is 0 Å². The first kappa shape index (κ1) is 13.4. The van der Waals surface area contributed by atoms with Gasteiger partial charge in [-0.15, -0.1) is 0 Å². The van der Waals surface area contributed by atoms with Gasteiger partial charge in [-0.2, -0.15) is 0 Å². The quantitative estimate of drug-likeness (QED) is 0.600. The summed E-state index contributed by atoms with van der Waals surface area (Å²) in [6, 6.07) is 3.18. The highest BCUT2D eigenvalue weighted by Gasteiger charge is 2.27. The van der Waals surface area contributed by atoms with E-state index >= 15 is 0 Å². The second-order valence-electron chi connectivity index (χ2n) is 4.52. The van der Waals surface area contributed by atoms with Gasteiger partial charge in [0.15, 0.2) is 6.29 Å². The Balaban J connectivity index is 2.38. The zero-order valence-corrected chi connectivity index (χ0v) is 10.8. The molecule has 6 heteroatoms. The molecule has 1 aliphatic carbocycles. The van der Waals surface area contributed by atoms with E-state index in [0.717, 1.165) is 12.8 Å². The zero-order valence-electron chi connectivity index (χ0n) is 10.8. The van der Waals surface area contributed by atoms with E-state index in [1.54, 1.807) is 0 Å². The average molecular weight is 264 g/mol. The molecule has 1 aromatic rings. The molecule has 1 aliphatic rings. The van der Waals surface area contributed by atoms with Gasteiger partial charge in [0.25, 0.3) is 0 Å². The molecule has 0 aliphatic heterocycles. The molecular weight excluding hydrogens is 248 g/mol. The Hall–Kier alpha value is -2.08. The maximum Gasteiger partial charge on any atom is 0.335 e. The highest BCUT2D eigenvalue weighted by atomic mass is 16.5. The van der Waals surface area contributed by atoms with E-state index in [0.29, 0.717) is 23.8 Å². The van der Waals surface area contributed by atoms with Gasteiger partial charge >= 0.3 is 5.97 Å². The topological polar surface area (TPSA) is 78.9 Å². The number of ether oxygens (including phenoxy) is 1. The maximum atomic E-state index is 11.1. The third kappa shape index (κ3) is 2.85. The number of hydrazine groups is 1. The summed E-state index contributed by atoms with van der Waals surface area (Å²) in [6.07, 6.45) is 2.84. The molecule has 1 saturated carbocycles. The van der Waals surface area contributed by atoms with Crippen molar-refractivity contribution in [1.29, 1.82) is 0 Å². The Morgan fingerprint density at radius 3 is 2.68 bits per heavy atom. The molecule has 0 bridgehead atoms. The van der Waals surface area contributed by atoms with Gasteiger partial charge in [-0.1, -0.05) is 0 Å². The fourth-order valence-electron chi connectivity index (χ4n) is 1.86. The van der Waals surface area contributed by atoms with E-state index in [9.17, 15) is 9.59 Å². The third-order valence-electron chi connectivity index (χ3n) is 3.11. The van der Waals surface area contributed by atoms with Gasteiger partial charge in [-0.3, -0.25) is 4.79 Å². The number of methoxy groups -OCH3 is 1. The van der Waals surface area contributed by atoms with E-state index in [-0.39, 0.29) is 11.1 Å². The molecule has 6 nitrogen and oxygen atoms in total. The zero-order chi connectivity index (χ0) is 14.0. The smallest absolute Gasteiger partial charge is 0.335 e. The summed E-state index contributed by atoms with van der Waals surface area (Å²) in [6.45, 7) is 0. The molecule has 0 heterocycles. The number of nitrogens with zero attached hydrogens (tertiary/aromatic N) is 1. The first-order chi connectivity index (χ1) is 9.06. The Labute approximate surface area is 110 Å². The molecule has 1 fully saturated rings. The third-order valence-corrected chi connectivity index (χ3v) is 3.11. The first-order valence-corrected chi connectivity index (χ1v) is 5.96. The van der Waals surface area contributed by atoms with Crippen LogP contribution in [0.1, 0.15) is 33.6 Å². The highest BCUT2D eigenvalue weighted by Crippen LogP contribution is 2.32. The molecule has 0 aromatic heterocycles. The van der Waals surface area contributed by atoms with E-state index < -0.39 is 5.97 Å². The minimum absolute atomic E-state index is 0.0265. The van der Waals surface area contributed by atoms with Crippen LogP contribution in [0.15, 0.2) is 12.1 Å². The lowest BCUT2D eigenvalue weighted by atomic mass is 10.1. The molecule has 19 heavy (non-hydrogen) atoms. The van der Waals surface area contributed by atoms with Crippen molar-refractivity contribution >= 4 is 17.9 Å². The van der Waals surface area contributed by atoms with Crippen LogP contribution in [-0.4, -0.2) is 42.6 Å². The number of aldehydes is 1. The first-order valence-electron chi connectivity index (χ1n) is 5.96. The van der Waals surface area contributed by atoms with Gasteiger partial charge in [0, 0.05) is 18.7 Å². The van der Waals surface area contributed by atoms with Crippen LogP contribution in [0.25, 0.3) is 0 Å². The molecule has 0 saturated heterocycles. The van der Waals surface area contributed by atoms with Crippen LogP contribution >= 0.6 is 0 Å². The SMILES string of the molecule is COc1cc(C(=O)O)cc(C=O)c1NN(C)C1CC1. The Morgan fingerprint density at radius 1 is 1.53 bits per heavy atom. The monoisotopic (exact) mass is 264 g/mol. The van der Waals surface area contributed by atoms with Crippen LogP contribution in [0.2, 0.25) is 0 Å². The Bertz CT molecular complexity index is 512. The predicted molar refractivity (Wildman–Crippen MR) is 69.7 cm³/mol. The van der Waals surface area contributed by atoms with Crippen LogP contribution in [0.5, 0.6) is 5.75 Å². The largest absolute Gasteiger partial charge is 0.494 e. The van der Waals surface area contributed by atoms with E-state index in [2.05, 4.69) is 5.43 Å². The van der Waals surface area contributed by atoms with Gasteiger partial charge in [-0.25, -0.2) is 9.80 Å². The van der Waals surface area contributed by atoms with Crippen LogP contribution in [-0.2, 0) is 0 Å². The number of hydrogen-bond donors (Lipinski definition) is 2. The molecule has 0 unspecified atom stereocenters. The summed E-state index contributed by atoms with van der Waals surface area (Å²) in [5.74, 6) is -0.752. The summed E-state index contributed by atoms with van der Waals surface area (Å²) < 4.78 is 5.17. The minimum Gasteiger partial charge on any atom is -0.494 e. The molecule has 2 rings (SSSR count). The lowest BCUT2D eigenvalue weighted by Crippen LogP contribution is -2.28. The van der Waals surface area contributed by atoms with Gasteiger partial charge < -0.3 is 15.3 Å². The molecule has 2 N–H and O–H groups in total. The molecular formula is C13H16N2O4. The number of hydrogen-bond acceptors (Lipinski definition) is 5. The van der Waals surface area contributed by atoms with Gasteiger partial charge in [0.2, 0.25) is 0 Å². The highest BCUT2D eigenvalue weighted by molar-refractivity contribution is 5.95. The van der Waals surface area contributed by atoms with Crippen molar-refractivity contribution in [3.63, 3.8) is 0 Å². The molecule has 102 valence electrons. The average Bonchev–Trinajstić information content (AvgIpc) is 3.22. The van der Waals surface area contributed by atoms with Crippen molar-refractivity contribution in [2.45, 2.75) is 18.9 Å². The summed E-state index contributed by atoms with van der Waals surface area (Å²) in [7, 11) is 3.33. The second-order valence-corrected chi connectivity index (χ2v) is 4.52. The summed E-state index contributed by atoms with van der Waals surface area (Å²) in [5, 5.41) is 10.9. The minimum atomic E-state index is -1.09. The van der Waals surface area contributed by atoms with Crippen molar-refractivity contribution in [3.8, 4) is 5.75 Å². The molecule has 0 amide bonds. The van der Waals surface area contributed by atoms with Crippen LogP contribution < -0.4 is 10.2 Å². The number of carbonyl (C=O) groups excluding carboxylic acids is 1. The standard InChI is InChI=1S/C13H16N2O4/c1-15(10-3-4-10)14-12-9(7-16)5-8(13(17)18)6-11(12)19-2/h5-7,10,14H,3-4H2,1-2H3,(H,17,18). The number of carboxylic acids is 1. The normalized spacial score (nSPS) is 14.3. The van der Waals surface area contributed by atoms with Crippen molar-refractivity contribution in [3.05, 3.63) is 23.3 Å². The molecule has 0 atom stereocenters. The number of carbonyl (C=O) groups is 2. The summed E-state index contributed by atoms with van der Waals surface area (Å²) >= 11 is 0. The van der Waals surface area contributed by atoms with E-state index in [1.807, 2.05) is 12.1 Å². The van der Waals surface area contributed by atoms with Crippen molar-refractivity contribution < 1.29 is 19.4 Å². The lowest BCUT2D eigenvalue weighted by molar-refractivity contribution is 0.0696. The Kier molecular flexibility index (Phi) is 3.71. The molecule has 0 spiro atoms. The summed E-state index contributed by atoms with van der Waals surface area (Å²) in [5.41, 5.74) is 3.88. The number of nitrogens with one attached hydrogen (secondary N) is 1. The summed E-state index contributed by atoms with van der Waals surface area (Å²) in [4.78, 5) is 22.1. The van der Waals surface area contributed by atoms with E-state index in [4.69, 9.17) is 9.84 Å². The maximum absolute atomic E-state index is 11.1. The number of benzene rings is 1. The number of rotatable bonds is 6. The predicted octanol–water partition coefficient (Wildman–Crippen LogP) is 1.63. The fourth-order valence-corrected chi connectivity index (χ4v) is 1.86. The van der Waals surface area contributed by atoms with Gasteiger partial charge in [-0.05, 0) is 25.0 Å². The number of aromatic carboxylic acids is 1. The van der Waals surface area contributed by atoms with Gasteiger partial charge in [0.1, 0.15) is 11.4 Å². The van der Waals surface area contributed by atoms with Crippen LogP contribution in [0, 0.1) is 0 Å². The van der Waals surface area contributed by atoms with Crippen molar-refractivity contribution in [1.82, 2.24) is 5.01 Å². The number of carboxylic acid groups (broad SMARTS) is 1. The fraction of sp³-hybridized carbons (Fsp3) is 0.385. The van der Waals surface area contributed by atoms with Crippen LogP contribution in [0.3, 0.4) is 0 Å². The van der Waals surface area contributed by atoms with Crippen molar-refractivity contribution in [2.75, 3.05) is 19.6 Å². The van der Waals surface area contributed by atoms with Crippen LogP contribution in [0.4, 0.5) is 5.69 Å². The number of anilines is 1. The van der Waals surface area contributed by atoms with Gasteiger partial charge in [0.05, 0.1) is 12.7 Å².